The van der Waals surface area contributed by atoms with Crippen molar-refractivity contribution in [1.82, 2.24) is 0 Å². The van der Waals surface area contributed by atoms with Gasteiger partial charge in [-0.1, -0.05) is 44.8 Å². The van der Waals surface area contributed by atoms with Crippen molar-refractivity contribution in [3.05, 3.63) is 12.2 Å². The van der Waals surface area contributed by atoms with Gasteiger partial charge in [-0.3, -0.25) is 9.36 Å². The maximum atomic E-state index is 11.8. The highest BCUT2D eigenvalue weighted by atomic mass is 31.2. The van der Waals surface area contributed by atoms with E-state index < -0.39 is 33.1 Å². The zero-order valence-corrected chi connectivity index (χ0v) is 18.1. The van der Waals surface area contributed by atoms with E-state index >= 15 is 0 Å². The Morgan fingerprint density at radius 2 is 1.75 bits per heavy atom. The number of unbranched alkanes of at least 4 members (excludes halogenated alkanes) is 7. The van der Waals surface area contributed by atoms with Crippen molar-refractivity contribution < 1.29 is 38.9 Å². The van der Waals surface area contributed by atoms with Crippen molar-refractivity contribution in [3.8, 4) is 0 Å². The third-order valence-corrected chi connectivity index (χ3v) is 4.92. The van der Waals surface area contributed by atoms with Crippen molar-refractivity contribution in [2.75, 3.05) is 26.4 Å². The second-order valence-corrected chi connectivity index (χ2v) is 8.06. The van der Waals surface area contributed by atoms with Crippen LogP contribution in [-0.2, 0) is 23.1 Å². The summed E-state index contributed by atoms with van der Waals surface area (Å²) in [6.45, 7) is 1.41. The number of allylic oxidation sites excluding steroid dienone is 2. The van der Waals surface area contributed by atoms with Crippen LogP contribution in [0.25, 0.3) is 0 Å². The molecule has 0 aromatic carbocycles. The molecule has 9 heteroatoms. The lowest BCUT2D eigenvalue weighted by Gasteiger charge is -2.24. The monoisotopic (exact) mass is 423 g/mol. The van der Waals surface area contributed by atoms with Crippen LogP contribution in [0.1, 0.15) is 71.1 Å². The normalized spacial score (nSPS) is 14.9. The SMILES string of the molecule is CCCCCC/C=C/CCCCCC(=O)O[C@H](CO)COP(=O)([O-])OCC[NH3+]. The van der Waals surface area contributed by atoms with E-state index in [0.29, 0.717) is 6.42 Å². The van der Waals surface area contributed by atoms with Gasteiger partial charge in [-0.05, 0) is 32.1 Å². The van der Waals surface area contributed by atoms with Crippen molar-refractivity contribution in [3.63, 3.8) is 0 Å². The Morgan fingerprint density at radius 1 is 1.11 bits per heavy atom. The predicted molar refractivity (Wildman–Crippen MR) is 105 cm³/mol. The van der Waals surface area contributed by atoms with Crippen LogP contribution in [-0.4, -0.2) is 43.5 Å². The number of esters is 1. The van der Waals surface area contributed by atoms with Crippen molar-refractivity contribution >= 4 is 13.8 Å². The Kier molecular flexibility index (Phi) is 17.8. The lowest BCUT2D eigenvalue weighted by atomic mass is 10.1. The number of carbonyl (C=O) groups is 1. The first-order chi connectivity index (χ1) is 13.4. The molecule has 4 N–H and O–H groups in total. The maximum Gasteiger partial charge on any atom is 0.306 e. The van der Waals surface area contributed by atoms with Crippen molar-refractivity contribution in [1.29, 1.82) is 0 Å². The molecule has 8 nitrogen and oxygen atoms in total. The summed E-state index contributed by atoms with van der Waals surface area (Å²) in [4.78, 5) is 23.2. The molecular weight excluding hydrogens is 385 g/mol. The van der Waals surface area contributed by atoms with Gasteiger partial charge in [0, 0.05) is 6.42 Å². The van der Waals surface area contributed by atoms with Crippen LogP contribution in [0.2, 0.25) is 0 Å². The van der Waals surface area contributed by atoms with Crippen LogP contribution in [0.15, 0.2) is 12.2 Å². The first-order valence-corrected chi connectivity index (χ1v) is 11.8. The lowest BCUT2D eigenvalue weighted by molar-refractivity contribution is -0.373. The van der Waals surface area contributed by atoms with E-state index in [1.807, 2.05) is 0 Å². The predicted octanol–water partition coefficient (Wildman–Crippen LogP) is 2.11. The van der Waals surface area contributed by atoms with Gasteiger partial charge >= 0.3 is 5.97 Å². The van der Waals surface area contributed by atoms with Gasteiger partial charge in [0.2, 0.25) is 0 Å². The number of phosphoric acid groups is 1. The maximum absolute atomic E-state index is 11.8. The molecule has 0 aliphatic rings. The molecule has 28 heavy (non-hydrogen) atoms. The van der Waals surface area contributed by atoms with Crippen LogP contribution in [0.5, 0.6) is 0 Å². The molecule has 0 rings (SSSR count). The largest absolute Gasteiger partial charge is 0.756 e. The average molecular weight is 423 g/mol. The standard InChI is InChI=1S/C19H38NO7P/c1-2-3-4-5-6-7-8-9-10-11-12-13-19(22)27-18(16-21)17-26-28(23,24)25-15-14-20/h7-8,18,21H,2-6,9-17,20H2,1H3,(H,23,24)/b8-7+/t18-/m1/s1. The molecule has 2 atom stereocenters. The van der Waals surface area contributed by atoms with Gasteiger partial charge in [0.05, 0.1) is 19.8 Å². The number of aliphatic hydroxyl groups is 1. The van der Waals surface area contributed by atoms with Crippen LogP contribution < -0.4 is 10.6 Å². The van der Waals surface area contributed by atoms with E-state index in [-0.39, 0.29) is 19.6 Å². The number of hydrogen-bond acceptors (Lipinski definition) is 7. The smallest absolute Gasteiger partial charge is 0.306 e. The van der Waals surface area contributed by atoms with Crippen LogP contribution in [0.3, 0.4) is 0 Å². The molecule has 0 aliphatic carbocycles. The summed E-state index contributed by atoms with van der Waals surface area (Å²) in [5, 5.41) is 9.20. The molecule has 0 saturated carbocycles. The summed E-state index contributed by atoms with van der Waals surface area (Å²) in [7, 11) is -4.47. The van der Waals surface area contributed by atoms with Gasteiger partial charge in [0.15, 0.2) is 0 Å². The second kappa shape index (κ2) is 18.3. The number of carbonyl (C=O) groups excluding carboxylic acids is 1. The highest BCUT2D eigenvalue weighted by molar-refractivity contribution is 7.45. The topological polar surface area (TPSA) is 133 Å². The molecule has 0 radical (unpaired) electrons. The van der Waals surface area contributed by atoms with Crippen LogP contribution >= 0.6 is 7.82 Å². The molecule has 0 amide bonds. The molecule has 0 aromatic heterocycles. The first kappa shape index (κ1) is 27.2. The van der Waals surface area contributed by atoms with Gasteiger partial charge in [-0.25, -0.2) is 0 Å². The minimum Gasteiger partial charge on any atom is -0.756 e. The minimum absolute atomic E-state index is 0.0849. The first-order valence-electron chi connectivity index (χ1n) is 10.3. The van der Waals surface area contributed by atoms with E-state index in [9.17, 15) is 19.4 Å². The summed E-state index contributed by atoms with van der Waals surface area (Å²) in [5.41, 5.74) is 3.46. The Labute approximate surface area is 169 Å². The van der Waals surface area contributed by atoms with Gasteiger partial charge < -0.3 is 29.5 Å². The second-order valence-electron chi connectivity index (χ2n) is 6.64. The Balaban J connectivity index is 3.77. The van der Waals surface area contributed by atoms with E-state index in [0.717, 1.165) is 25.7 Å². The molecule has 0 spiro atoms. The van der Waals surface area contributed by atoms with E-state index in [1.165, 1.54) is 25.7 Å². The molecule has 0 heterocycles. The van der Waals surface area contributed by atoms with Gasteiger partial charge in [-0.2, -0.15) is 0 Å². The quantitative estimate of drug-likeness (QED) is 0.141. The molecule has 0 aliphatic heterocycles. The summed E-state index contributed by atoms with van der Waals surface area (Å²) < 4.78 is 25.6. The van der Waals surface area contributed by atoms with Crippen molar-refractivity contribution in [2.45, 2.75) is 77.2 Å². The molecule has 0 fully saturated rings. The van der Waals surface area contributed by atoms with Crippen molar-refractivity contribution in [2.24, 2.45) is 0 Å². The van der Waals surface area contributed by atoms with Gasteiger partial charge in [0.1, 0.15) is 12.7 Å². The zero-order valence-electron chi connectivity index (χ0n) is 17.2. The molecule has 0 aromatic rings. The number of ether oxygens (including phenoxy) is 1. The number of quaternary nitrogens is 1. The highest BCUT2D eigenvalue weighted by Crippen LogP contribution is 2.37. The number of aliphatic hydroxyl groups excluding tert-OH is 1. The molecule has 166 valence electrons. The molecular formula is C19H38NO7P. The number of rotatable bonds is 19. The third kappa shape index (κ3) is 17.3. The fourth-order valence-electron chi connectivity index (χ4n) is 2.39. The minimum atomic E-state index is -4.47. The van der Waals surface area contributed by atoms with Gasteiger partial charge in [0.25, 0.3) is 7.82 Å². The zero-order chi connectivity index (χ0) is 21.1. The van der Waals surface area contributed by atoms with E-state index in [4.69, 9.17) is 4.74 Å². The van der Waals surface area contributed by atoms with E-state index in [2.05, 4.69) is 33.9 Å². The lowest BCUT2D eigenvalue weighted by Crippen LogP contribution is -2.52. The molecule has 0 bridgehead atoms. The van der Waals surface area contributed by atoms with Crippen LogP contribution in [0.4, 0.5) is 0 Å². The Bertz CT molecular complexity index is 460. The average Bonchev–Trinajstić information content (AvgIpc) is 2.67. The van der Waals surface area contributed by atoms with E-state index in [1.54, 1.807) is 0 Å². The third-order valence-electron chi connectivity index (χ3n) is 3.96. The van der Waals surface area contributed by atoms with Crippen LogP contribution in [0, 0.1) is 0 Å². The summed E-state index contributed by atoms with van der Waals surface area (Å²) in [5.74, 6) is -0.478. The highest BCUT2D eigenvalue weighted by Gasteiger charge is 2.18. The summed E-state index contributed by atoms with van der Waals surface area (Å²) in [6, 6.07) is 0. The molecule has 1 unspecified atom stereocenters. The van der Waals surface area contributed by atoms with Gasteiger partial charge in [-0.15, -0.1) is 0 Å². The fraction of sp³-hybridized carbons (Fsp3) is 0.842. The summed E-state index contributed by atoms with van der Waals surface area (Å²) in [6.07, 6.45) is 13.4. The number of phosphoric ester groups is 1. The Hall–Kier alpha value is -0.760. The number of hydrogen-bond donors (Lipinski definition) is 2. The Morgan fingerprint density at radius 3 is 2.32 bits per heavy atom. The molecule has 0 saturated heterocycles. The fourth-order valence-corrected chi connectivity index (χ4v) is 3.17. The summed E-state index contributed by atoms with van der Waals surface area (Å²) >= 11 is 0.